The summed E-state index contributed by atoms with van der Waals surface area (Å²) in [5.74, 6) is 0.0495. The molecule has 0 aliphatic heterocycles. The molecule has 0 bridgehead atoms. The average Bonchev–Trinajstić information content (AvgIpc) is 2.19. The highest BCUT2D eigenvalue weighted by Crippen LogP contribution is 2.11. The second kappa shape index (κ2) is 3.89. The minimum Gasteiger partial charge on any atom is -0.269 e. The van der Waals surface area contributed by atoms with Crippen LogP contribution in [0.25, 0.3) is 5.69 Å². The van der Waals surface area contributed by atoms with Crippen LogP contribution < -0.4 is 5.56 Å². The van der Waals surface area contributed by atoms with Crippen molar-refractivity contribution < 1.29 is 4.39 Å². The van der Waals surface area contributed by atoms with Crippen molar-refractivity contribution in [2.75, 3.05) is 0 Å². The van der Waals surface area contributed by atoms with E-state index in [9.17, 15) is 9.18 Å². The van der Waals surface area contributed by atoms with Crippen LogP contribution in [0.1, 0.15) is 11.5 Å². The standard InChI is InChI=1S/C12H11FN2O/c1-8-7-12(16)15(9(2)14-8)11-6-4-3-5-10(11)13/h3-7H,1-2H3. The fraction of sp³-hybridized carbons (Fsp3) is 0.167. The molecule has 0 atom stereocenters. The summed E-state index contributed by atoms with van der Waals surface area (Å²) in [6.07, 6.45) is 0. The van der Waals surface area contributed by atoms with Gasteiger partial charge in [-0.2, -0.15) is 0 Å². The van der Waals surface area contributed by atoms with E-state index in [1.54, 1.807) is 32.0 Å². The number of para-hydroxylation sites is 1. The highest BCUT2D eigenvalue weighted by atomic mass is 19.1. The minimum atomic E-state index is -0.432. The van der Waals surface area contributed by atoms with E-state index in [4.69, 9.17) is 0 Å². The van der Waals surface area contributed by atoms with Crippen LogP contribution in [0.2, 0.25) is 0 Å². The molecule has 1 heterocycles. The van der Waals surface area contributed by atoms with Gasteiger partial charge in [-0.3, -0.25) is 9.36 Å². The largest absolute Gasteiger partial charge is 0.269 e. The first-order chi connectivity index (χ1) is 7.59. The average molecular weight is 218 g/mol. The molecular formula is C12H11FN2O. The maximum absolute atomic E-state index is 13.5. The van der Waals surface area contributed by atoms with Crippen LogP contribution in [0.3, 0.4) is 0 Å². The van der Waals surface area contributed by atoms with E-state index >= 15 is 0 Å². The van der Waals surface area contributed by atoms with E-state index in [1.807, 2.05) is 0 Å². The Morgan fingerprint density at radius 1 is 1.25 bits per heavy atom. The van der Waals surface area contributed by atoms with E-state index < -0.39 is 5.82 Å². The number of halogens is 1. The molecule has 1 aromatic heterocycles. The molecule has 0 unspecified atom stereocenters. The Morgan fingerprint density at radius 3 is 2.56 bits per heavy atom. The van der Waals surface area contributed by atoms with Crippen molar-refractivity contribution >= 4 is 0 Å². The Hall–Kier alpha value is -1.97. The summed E-state index contributed by atoms with van der Waals surface area (Å²) in [7, 11) is 0. The van der Waals surface area contributed by atoms with E-state index in [-0.39, 0.29) is 11.2 Å². The first-order valence-electron chi connectivity index (χ1n) is 4.92. The topological polar surface area (TPSA) is 34.9 Å². The zero-order valence-electron chi connectivity index (χ0n) is 9.07. The normalized spacial score (nSPS) is 10.4. The van der Waals surface area contributed by atoms with Crippen LogP contribution in [-0.4, -0.2) is 9.55 Å². The van der Waals surface area contributed by atoms with Crippen molar-refractivity contribution in [3.8, 4) is 5.69 Å². The fourth-order valence-corrected chi connectivity index (χ4v) is 1.67. The Labute approximate surface area is 92.2 Å². The first kappa shape index (κ1) is 10.5. The molecule has 16 heavy (non-hydrogen) atoms. The molecule has 0 saturated heterocycles. The zero-order valence-corrected chi connectivity index (χ0v) is 9.07. The van der Waals surface area contributed by atoms with Crippen molar-refractivity contribution in [1.29, 1.82) is 0 Å². The molecule has 0 aliphatic rings. The Kier molecular flexibility index (Phi) is 2.56. The third-order valence-electron chi connectivity index (χ3n) is 2.31. The molecule has 2 rings (SSSR count). The maximum Gasteiger partial charge on any atom is 0.258 e. The van der Waals surface area contributed by atoms with Crippen LogP contribution >= 0.6 is 0 Å². The van der Waals surface area contributed by atoms with Crippen molar-refractivity contribution in [2.24, 2.45) is 0 Å². The van der Waals surface area contributed by atoms with Crippen LogP contribution in [-0.2, 0) is 0 Å². The van der Waals surface area contributed by atoms with E-state index in [0.29, 0.717) is 11.5 Å². The number of aryl methyl sites for hydroxylation is 2. The van der Waals surface area contributed by atoms with Crippen LogP contribution in [0.4, 0.5) is 4.39 Å². The summed E-state index contributed by atoms with van der Waals surface area (Å²) in [6, 6.07) is 7.53. The molecular weight excluding hydrogens is 207 g/mol. The molecule has 0 N–H and O–H groups in total. The lowest BCUT2D eigenvalue weighted by molar-refractivity contribution is 0.612. The number of hydrogen-bond donors (Lipinski definition) is 0. The van der Waals surface area contributed by atoms with Gasteiger partial charge in [0.1, 0.15) is 11.6 Å². The Bertz CT molecular complexity index is 590. The van der Waals surface area contributed by atoms with Gasteiger partial charge >= 0.3 is 0 Å². The number of hydrogen-bond acceptors (Lipinski definition) is 2. The van der Waals surface area contributed by atoms with Gasteiger partial charge in [0.15, 0.2) is 0 Å². The number of nitrogens with zero attached hydrogens (tertiary/aromatic N) is 2. The van der Waals surface area contributed by atoms with Gasteiger partial charge in [-0.15, -0.1) is 0 Å². The molecule has 0 amide bonds. The molecule has 82 valence electrons. The number of benzene rings is 1. The van der Waals surface area contributed by atoms with Gasteiger partial charge in [0.2, 0.25) is 0 Å². The van der Waals surface area contributed by atoms with Gasteiger partial charge < -0.3 is 0 Å². The molecule has 4 heteroatoms. The van der Waals surface area contributed by atoms with Gasteiger partial charge in [-0.05, 0) is 26.0 Å². The summed E-state index contributed by atoms with van der Waals surface area (Å²) >= 11 is 0. The summed E-state index contributed by atoms with van der Waals surface area (Å²) < 4.78 is 14.8. The maximum atomic E-state index is 13.5. The summed E-state index contributed by atoms with van der Waals surface area (Å²) in [6.45, 7) is 3.42. The first-order valence-corrected chi connectivity index (χ1v) is 4.92. The predicted octanol–water partition coefficient (Wildman–Crippen LogP) is 1.99. The number of aromatic nitrogens is 2. The van der Waals surface area contributed by atoms with Crippen molar-refractivity contribution in [1.82, 2.24) is 9.55 Å². The van der Waals surface area contributed by atoms with Crippen LogP contribution in [0.15, 0.2) is 35.1 Å². The Balaban J connectivity index is 2.75. The highest BCUT2D eigenvalue weighted by Gasteiger charge is 2.08. The van der Waals surface area contributed by atoms with Gasteiger partial charge in [0.25, 0.3) is 5.56 Å². The monoisotopic (exact) mass is 218 g/mol. The minimum absolute atomic E-state index is 0.234. The molecule has 0 radical (unpaired) electrons. The van der Waals surface area contributed by atoms with Crippen LogP contribution in [0, 0.1) is 19.7 Å². The van der Waals surface area contributed by atoms with E-state index in [1.165, 1.54) is 16.7 Å². The summed E-state index contributed by atoms with van der Waals surface area (Å²) in [4.78, 5) is 15.9. The third kappa shape index (κ3) is 1.74. The smallest absolute Gasteiger partial charge is 0.258 e. The van der Waals surface area contributed by atoms with E-state index in [2.05, 4.69) is 4.98 Å². The predicted molar refractivity (Wildman–Crippen MR) is 59.3 cm³/mol. The number of rotatable bonds is 1. The van der Waals surface area contributed by atoms with Crippen LogP contribution in [0.5, 0.6) is 0 Å². The molecule has 0 fully saturated rings. The fourth-order valence-electron chi connectivity index (χ4n) is 1.67. The third-order valence-corrected chi connectivity index (χ3v) is 2.31. The second-order valence-electron chi connectivity index (χ2n) is 3.57. The molecule has 1 aromatic carbocycles. The highest BCUT2D eigenvalue weighted by molar-refractivity contribution is 5.34. The zero-order chi connectivity index (χ0) is 11.7. The molecule has 2 aromatic rings. The lowest BCUT2D eigenvalue weighted by atomic mass is 10.3. The molecule has 3 nitrogen and oxygen atoms in total. The lowest BCUT2D eigenvalue weighted by Crippen LogP contribution is -2.22. The second-order valence-corrected chi connectivity index (χ2v) is 3.57. The quantitative estimate of drug-likeness (QED) is 0.733. The molecule has 0 spiro atoms. The van der Waals surface area contributed by atoms with Gasteiger partial charge in [0, 0.05) is 11.8 Å². The Morgan fingerprint density at radius 2 is 1.94 bits per heavy atom. The SMILES string of the molecule is Cc1cc(=O)n(-c2ccccc2F)c(C)n1. The molecule has 0 saturated carbocycles. The molecule has 0 aliphatic carbocycles. The van der Waals surface area contributed by atoms with Gasteiger partial charge in [-0.1, -0.05) is 12.1 Å². The van der Waals surface area contributed by atoms with Crippen molar-refractivity contribution in [3.05, 3.63) is 58.0 Å². The van der Waals surface area contributed by atoms with Gasteiger partial charge in [-0.25, -0.2) is 9.37 Å². The summed E-state index contributed by atoms with van der Waals surface area (Å²) in [5, 5.41) is 0. The van der Waals surface area contributed by atoms with Gasteiger partial charge in [0.05, 0.1) is 5.69 Å². The lowest BCUT2D eigenvalue weighted by Gasteiger charge is -2.09. The van der Waals surface area contributed by atoms with Crippen molar-refractivity contribution in [3.63, 3.8) is 0 Å². The van der Waals surface area contributed by atoms with E-state index in [0.717, 1.165) is 0 Å². The van der Waals surface area contributed by atoms with Crippen molar-refractivity contribution in [2.45, 2.75) is 13.8 Å². The summed E-state index contributed by atoms with van der Waals surface area (Å²) in [5.41, 5.74) is 0.600.